The summed E-state index contributed by atoms with van der Waals surface area (Å²) in [6, 6.07) is 0. The standard InChI is InChI=1S/C16H28N2OS/c1-15(2)8-7-11-18(12-15)14(19)16(13(17)20)9-5-3-4-6-10-16/h3-12H2,1-2H3,(H2,17,20). The van der Waals surface area contributed by atoms with E-state index in [1.54, 1.807) is 0 Å². The van der Waals surface area contributed by atoms with Crippen molar-refractivity contribution in [2.24, 2.45) is 16.6 Å². The molecule has 1 saturated heterocycles. The van der Waals surface area contributed by atoms with Crippen LogP contribution in [0.1, 0.15) is 65.2 Å². The summed E-state index contributed by atoms with van der Waals surface area (Å²) in [5.74, 6) is 0.208. The molecule has 0 radical (unpaired) electrons. The molecule has 0 aromatic carbocycles. The highest BCUT2D eigenvalue weighted by atomic mass is 32.1. The second kappa shape index (κ2) is 6.00. The van der Waals surface area contributed by atoms with E-state index < -0.39 is 5.41 Å². The molecule has 2 N–H and O–H groups in total. The summed E-state index contributed by atoms with van der Waals surface area (Å²) < 4.78 is 0. The lowest BCUT2D eigenvalue weighted by Gasteiger charge is -2.43. The van der Waals surface area contributed by atoms with Crippen LogP contribution in [0.15, 0.2) is 0 Å². The number of hydrogen-bond acceptors (Lipinski definition) is 2. The Kier molecular flexibility index (Phi) is 4.73. The number of piperidine rings is 1. The quantitative estimate of drug-likeness (QED) is 0.628. The molecule has 1 heterocycles. The van der Waals surface area contributed by atoms with Gasteiger partial charge in [0.2, 0.25) is 5.91 Å². The first-order chi connectivity index (χ1) is 9.37. The van der Waals surface area contributed by atoms with E-state index in [1.165, 1.54) is 19.3 Å². The highest BCUT2D eigenvalue weighted by Gasteiger charge is 2.45. The number of rotatable bonds is 2. The molecule has 1 aliphatic carbocycles. The van der Waals surface area contributed by atoms with E-state index in [1.807, 2.05) is 4.90 Å². The average Bonchev–Trinajstić information content (AvgIpc) is 2.63. The maximum absolute atomic E-state index is 13.1. The van der Waals surface area contributed by atoms with E-state index in [9.17, 15) is 4.79 Å². The Balaban J connectivity index is 2.20. The lowest BCUT2D eigenvalue weighted by atomic mass is 9.77. The average molecular weight is 296 g/mol. The first-order valence-corrected chi connectivity index (χ1v) is 8.38. The fourth-order valence-electron chi connectivity index (χ4n) is 3.80. The normalized spacial score (nSPS) is 25.8. The van der Waals surface area contributed by atoms with Crippen molar-refractivity contribution in [1.82, 2.24) is 4.90 Å². The van der Waals surface area contributed by atoms with E-state index in [0.29, 0.717) is 4.99 Å². The van der Waals surface area contributed by atoms with Gasteiger partial charge in [-0.25, -0.2) is 0 Å². The van der Waals surface area contributed by atoms with Crippen LogP contribution in [0, 0.1) is 10.8 Å². The van der Waals surface area contributed by atoms with E-state index in [0.717, 1.165) is 45.2 Å². The first-order valence-electron chi connectivity index (χ1n) is 7.97. The zero-order chi connectivity index (χ0) is 14.8. The molecular weight excluding hydrogens is 268 g/mol. The van der Waals surface area contributed by atoms with E-state index in [2.05, 4.69) is 13.8 Å². The van der Waals surface area contributed by atoms with Crippen LogP contribution >= 0.6 is 12.2 Å². The van der Waals surface area contributed by atoms with Crippen LogP contribution in [-0.2, 0) is 4.79 Å². The summed E-state index contributed by atoms with van der Waals surface area (Å²) in [7, 11) is 0. The number of hydrogen-bond donors (Lipinski definition) is 1. The van der Waals surface area contributed by atoms with E-state index >= 15 is 0 Å². The fourth-order valence-corrected chi connectivity index (χ4v) is 4.09. The summed E-state index contributed by atoms with van der Waals surface area (Å²) in [6.07, 6.45) is 8.51. The van der Waals surface area contributed by atoms with Crippen molar-refractivity contribution in [2.75, 3.05) is 13.1 Å². The van der Waals surface area contributed by atoms with E-state index in [4.69, 9.17) is 18.0 Å². The molecule has 2 fully saturated rings. The third kappa shape index (κ3) is 3.16. The molecule has 1 aliphatic heterocycles. The minimum absolute atomic E-state index is 0.208. The van der Waals surface area contributed by atoms with Gasteiger partial charge in [-0.1, -0.05) is 51.7 Å². The van der Waals surface area contributed by atoms with Crippen LogP contribution in [0.3, 0.4) is 0 Å². The predicted molar refractivity (Wildman–Crippen MR) is 86.5 cm³/mol. The molecule has 1 amide bonds. The Morgan fingerprint density at radius 2 is 1.65 bits per heavy atom. The minimum atomic E-state index is -0.556. The number of likely N-dealkylation sites (tertiary alicyclic amines) is 1. The summed E-state index contributed by atoms with van der Waals surface area (Å²) in [5, 5.41) is 0. The number of nitrogens with zero attached hydrogens (tertiary/aromatic N) is 1. The van der Waals surface area contributed by atoms with Crippen molar-refractivity contribution in [3.63, 3.8) is 0 Å². The van der Waals surface area contributed by atoms with Gasteiger partial charge in [0.15, 0.2) is 0 Å². The van der Waals surface area contributed by atoms with Gasteiger partial charge in [-0.15, -0.1) is 0 Å². The molecule has 2 aliphatic rings. The lowest BCUT2D eigenvalue weighted by Crippen LogP contribution is -2.54. The first kappa shape index (κ1) is 15.7. The maximum Gasteiger partial charge on any atom is 0.235 e. The molecule has 2 rings (SSSR count). The SMILES string of the molecule is CC1(C)CCCN(C(=O)C2(C(N)=S)CCCCCC2)C1. The number of carbonyl (C=O) groups excluding carboxylic acids is 1. The Bertz CT molecular complexity index is 384. The third-order valence-corrected chi connectivity index (χ3v) is 5.42. The second-order valence-electron chi connectivity index (χ2n) is 7.36. The minimum Gasteiger partial charge on any atom is -0.392 e. The highest BCUT2D eigenvalue weighted by molar-refractivity contribution is 7.80. The van der Waals surface area contributed by atoms with Crippen LogP contribution in [0.2, 0.25) is 0 Å². The van der Waals surface area contributed by atoms with Crippen LogP contribution in [-0.4, -0.2) is 28.9 Å². The number of carbonyl (C=O) groups is 1. The molecule has 20 heavy (non-hydrogen) atoms. The highest BCUT2D eigenvalue weighted by Crippen LogP contribution is 2.39. The maximum atomic E-state index is 13.1. The van der Waals surface area contributed by atoms with Gasteiger partial charge in [0, 0.05) is 13.1 Å². The molecular formula is C16H28N2OS. The van der Waals surface area contributed by atoms with Crippen molar-refractivity contribution < 1.29 is 4.79 Å². The Hall–Kier alpha value is -0.640. The second-order valence-corrected chi connectivity index (χ2v) is 7.79. The summed E-state index contributed by atoms with van der Waals surface area (Å²) in [4.78, 5) is 15.6. The number of thiocarbonyl (C=S) groups is 1. The van der Waals surface area contributed by atoms with Crippen LogP contribution in [0.25, 0.3) is 0 Å². The van der Waals surface area contributed by atoms with Crippen LogP contribution in [0.4, 0.5) is 0 Å². The van der Waals surface area contributed by atoms with Gasteiger partial charge < -0.3 is 10.6 Å². The third-order valence-electron chi connectivity index (χ3n) is 5.03. The van der Waals surface area contributed by atoms with Gasteiger partial charge in [0.05, 0.1) is 10.4 Å². The Morgan fingerprint density at radius 3 is 2.15 bits per heavy atom. The molecule has 0 bridgehead atoms. The molecule has 0 atom stereocenters. The molecule has 0 aromatic rings. The zero-order valence-corrected chi connectivity index (χ0v) is 13.7. The molecule has 114 valence electrons. The smallest absolute Gasteiger partial charge is 0.235 e. The van der Waals surface area contributed by atoms with Crippen LogP contribution < -0.4 is 5.73 Å². The van der Waals surface area contributed by atoms with Crippen molar-refractivity contribution in [3.05, 3.63) is 0 Å². The van der Waals surface area contributed by atoms with Gasteiger partial charge in [-0.05, 0) is 31.1 Å². The molecule has 1 saturated carbocycles. The van der Waals surface area contributed by atoms with Gasteiger partial charge in [-0.3, -0.25) is 4.79 Å². The lowest BCUT2D eigenvalue weighted by molar-refractivity contribution is -0.142. The van der Waals surface area contributed by atoms with Crippen molar-refractivity contribution >= 4 is 23.1 Å². The number of nitrogens with two attached hydrogens (primary N) is 1. The molecule has 4 heteroatoms. The van der Waals surface area contributed by atoms with Gasteiger partial charge in [0.1, 0.15) is 0 Å². The predicted octanol–water partition coefficient (Wildman–Crippen LogP) is 3.26. The Morgan fingerprint density at radius 1 is 1.05 bits per heavy atom. The van der Waals surface area contributed by atoms with Crippen molar-refractivity contribution in [1.29, 1.82) is 0 Å². The number of amides is 1. The summed E-state index contributed by atoms with van der Waals surface area (Å²) in [5.41, 5.74) is 5.69. The molecule has 0 unspecified atom stereocenters. The summed E-state index contributed by atoms with van der Waals surface area (Å²) in [6.45, 7) is 6.20. The summed E-state index contributed by atoms with van der Waals surface area (Å²) >= 11 is 5.32. The zero-order valence-electron chi connectivity index (χ0n) is 12.9. The molecule has 0 spiro atoms. The van der Waals surface area contributed by atoms with Gasteiger partial charge in [-0.2, -0.15) is 0 Å². The topological polar surface area (TPSA) is 46.3 Å². The van der Waals surface area contributed by atoms with Crippen molar-refractivity contribution in [2.45, 2.75) is 65.2 Å². The van der Waals surface area contributed by atoms with Gasteiger partial charge >= 0.3 is 0 Å². The van der Waals surface area contributed by atoms with Crippen molar-refractivity contribution in [3.8, 4) is 0 Å². The Labute approximate surface area is 128 Å². The monoisotopic (exact) mass is 296 g/mol. The molecule has 0 aromatic heterocycles. The fraction of sp³-hybridized carbons (Fsp3) is 0.875. The van der Waals surface area contributed by atoms with Crippen LogP contribution in [0.5, 0.6) is 0 Å². The van der Waals surface area contributed by atoms with Gasteiger partial charge in [0.25, 0.3) is 0 Å². The largest absolute Gasteiger partial charge is 0.392 e. The van der Waals surface area contributed by atoms with E-state index in [-0.39, 0.29) is 11.3 Å². The molecule has 3 nitrogen and oxygen atoms in total.